The molecule has 1 amide bonds. The molecule has 4 rings (SSSR count). The van der Waals surface area contributed by atoms with Crippen LogP contribution in [0, 0.1) is 0 Å². The predicted octanol–water partition coefficient (Wildman–Crippen LogP) is 6.01. The van der Waals surface area contributed by atoms with Gasteiger partial charge in [-0.2, -0.15) is 0 Å². The predicted molar refractivity (Wildman–Crippen MR) is 134 cm³/mol. The molecule has 0 saturated carbocycles. The third-order valence-electron chi connectivity index (χ3n) is 6.94. The van der Waals surface area contributed by atoms with Crippen LogP contribution in [0.2, 0.25) is 0 Å². The Balaban J connectivity index is 1.49. The van der Waals surface area contributed by atoms with Gasteiger partial charge in [0.15, 0.2) is 5.78 Å². The number of amides is 1. The second-order valence-electron chi connectivity index (χ2n) is 9.01. The van der Waals surface area contributed by atoms with Crippen molar-refractivity contribution in [3.8, 4) is 10.4 Å². The summed E-state index contributed by atoms with van der Waals surface area (Å²) in [6, 6.07) is 22.5. The number of Topliss-reactive ketones (excluding diaryl/α,β-unsaturated/α-hetero) is 1. The first-order chi connectivity index (χ1) is 15.9. The first-order valence-electron chi connectivity index (χ1n) is 11.6. The van der Waals surface area contributed by atoms with Crippen LogP contribution in [0.5, 0.6) is 0 Å². The number of thiophene rings is 1. The average molecular weight is 462 g/mol. The molecular weight excluding hydrogens is 430 g/mol. The number of aliphatic hydroxyl groups excluding tert-OH is 1. The fourth-order valence-electron chi connectivity index (χ4n) is 4.95. The standard InChI is InChI=1S/C28H31NO3S/c1-20(22-9-11-23(12-10-22)26-14-13-25(33-26)21(2)31)29-17-16-28(15-6-18-30,19-27(29)32)24-7-4-3-5-8-24/h3-5,7-14,20,30H,6,15-19H2,1-2H3/t20-,28-/m0/s1. The molecule has 2 aromatic carbocycles. The Labute approximate surface area is 199 Å². The van der Waals surface area contributed by atoms with Crippen LogP contribution in [-0.4, -0.2) is 34.8 Å². The smallest absolute Gasteiger partial charge is 0.223 e. The van der Waals surface area contributed by atoms with Crippen molar-refractivity contribution in [1.82, 2.24) is 4.90 Å². The molecule has 1 aromatic heterocycles. The van der Waals surface area contributed by atoms with E-state index in [1.807, 2.05) is 35.2 Å². The molecule has 1 saturated heterocycles. The summed E-state index contributed by atoms with van der Waals surface area (Å²) in [4.78, 5) is 28.8. The zero-order chi connectivity index (χ0) is 23.4. The summed E-state index contributed by atoms with van der Waals surface area (Å²) in [6.45, 7) is 4.53. The van der Waals surface area contributed by atoms with Crippen molar-refractivity contribution >= 4 is 23.0 Å². The number of hydrogen-bond acceptors (Lipinski definition) is 4. The zero-order valence-electron chi connectivity index (χ0n) is 19.3. The summed E-state index contributed by atoms with van der Waals surface area (Å²) >= 11 is 1.51. The van der Waals surface area contributed by atoms with E-state index >= 15 is 0 Å². The molecule has 33 heavy (non-hydrogen) atoms. The highest BCUT2D eigenvalue weighted by atomic mass is 32.1. The zero-order valence-corrected chi connectivity index (χ0v) is 20.1. The summed E-state index contributed by atoms with van der Waals surface area (Å²) in [6.07, 6.45) is 2.89. The fraction of sp³-hybridized carbons (Fsp3) is 0.357. The Morgan fingerprint density at radius 3 is 2.42 bits per heavy atom. The quantitative estimate of drug-likeness (QED) is 0.418. The maximum absolute atomic E-state index is 13.3. The SMILES string of the molecule is CC(=O)c1ccc(-c2ccc([C@H](C)N3CC[C@](CCCO)(c4ccccc4)CC3=O)cc2)s1. The van der Waals surface area contributed by atoms with Crippen LogP contribution in [0.25, 0.3) is 10.4 Å². The van der Waals surface area contributed by atoms with Gasteiger partial charge < -0.3 is 10.0 Å². The molecular formula is C28H31NO3S. The highest BCUT2D eigenvalue weighted by Gasteiger charge is 2.41. The minimum Gasteiger partial charge on any atom is -0.396 e. The van der Waals surface area contributed by atoms with Crippen LogP contribution in [0.1, 0.15) is 66.4 Å². The third kappa shape index (κ3) is 4.94. The number of aliphatic hydroxyl groups is 1. The number of ketones is 1. The molecule has 2 atom stereocenters. The van der Waals surface area contributed by atoms with Crippen LogP contribution in [0.4, 0.5) is 0 Å². The van der Waals surface area contributed by atoms with Crippen molar-refractivity contribution in [3.05, 3.63) is 82.7 Å². The van der Waals surface area contributed by atoms with E-state index in [0.29, 0.717) is 19.4 Å². The van der Waals surface area contributed by atoms with Crippen LogP contribution in [0.15, 0.2) is 66.7 Å². The summed E-state index contributed by atoms with van der Waals surface area (Å²) in [5.74, 6) is 0.259. The normalized spacial score (nSPS) is 19.5. The molecule has 0 bridgehead atoms. The van der Waals surface area contributed by atoms with Gasteiger partial charge in [0.05, 0.1) is 10.9 Å². The van der Waals surface area contributed by atoms with Gasteiger partial charge in [-0.1, -0.05) is 54.6 Å². The summed E-state index contributed by atoms with van der Waals surface area (Å²) in [5.41, 5.74) is 3.19. The lowest BCUT2D eigenvalue weighted by molar-refractivity contribution is -0.138. The lowest BCUT2D eigenvalue weighted by Gasteiger charge is -2.44. The Bertz CT molecular complexity index is 1110. The first-order valence-corrected chi connectivity index (χ1v) is 12.4. The summed E-state index contributed by atoms with van der Waals surface area (Å²) in [5, 5.41) is 9.43. The molecule has 1 N–H and O–H groups in total. The topological polar surface area (TPSA) is 57.6 Å². The molecule has 172 valence electrons. The van der Waals surface area contributed by atoms with Crippen LogP contribution in [0.3, 0.4) is 0 Å². The van der Waals surface area contributed by atoms with E-state index in [1.165, 1.54) is 16.9 Å². The number of benzene rings is 2. The largest absolute Gasteiger partial charge is 0.396 e. The first kappa shape index (κ1) is 23.4. The van der Waals surface area contributed by atoms with Crippen LogP contribution in [-0.2, 0) is 10.2 Å². The molecule has 1 aliphatic rings. The Hall–Kier alpha value is -2.76. The highest BCUT2D eigenvalue weighted by Crippen LogP contribution is 2.42. The Kier molecular flexibility index (Phi) is 7.11. The van der Waals surface area contributed by atoms with Crippen LogP contribution < -0.4 is 0 Å². The molecule has 4 nitrogen and oxygen atoms in total. The number of likely N-dealkylation sites (tertiary alicyclic amines) is 1. The highest BCUT2D eigenvalue weighted by molar-refractivity contribution is 7.17. The maximum Gasteiger partial charge on any atom is 0.223 e. The summed E-state index contributed by atoms with van der Waals surface area (Å²) in [7, 11) is 0. The van der Waals surface area contributed by atoms with Crippen molar-refractivity contribution in [1.29, 1.82) is 0 Å². The second kappa shape index (κ2) is 10.0. The van der Waals surface area contributed by atoms with E-state index in [0.717, 1.165) is 33.7 Å². The monoisotopic (exact) mass is 461 g/mol. The van der Waals surface area contributed by atoms with E-state index in [4.69, 9.17) is 0 Å². The number of nitrogens with zero attached hydrogens (tertiary/aromatic N) is 1. The Morgan fingerprint density at radius 1 is 1.09 bits per heavy atom. The van der Waals surface area contributed by atoms with Gasteiger partial charge in [-0.05, 0) is 61.9 Å². The van der Waals surface area contributed by atoms with Gasteiger partial charge in [0.25, 0.3) is 0 Å². The number of hydrogen-bond donors (Lipinski definition) is 1. The van der Waals surface area contributed by atoms with Gasteiger partial charge >= 0.3 is 0 Å². The Morgan fingerprint density at radius 2 is 1.82 bits per heavy atom. The van der Waals surface area contributed by atoms with E-state index in [2.05, 4.69) is 43.3 Å². The van der Waals surface area contributed by atoms with Gasteiger partial charge in [-0.25, -0.2) is 0 Å². The fourth-order valence-corrected chi connectivity index (χ4v) is 5.86. The molecule has 0 aliphatic carbocycles. The van der Waals surface area contributed by atoms with Gasteiger partial charge in [0.1, 0.15) is 0 Å². The lowest BCUT2D eigenvalue weighted by Crippen LogP contribution is -2.47. The number of carbonyl (C=O) groups excluding carboxylic acids is 2. The molecule has 1 fully saturated rings. The van der Waals surface area contributed by atoms with Crippen molar-refractivity contribution in [2.45, 2.75) is 51.0 Å². The van der Waals surface area contributed by atoms with Crippen LogP contribution >= 0.6 is 11.3 Å². The molecule has 3 aromatic rings. The molecule has 2 heterocycles. The van der Waals surface area contributed by atoms with E-state index in [9.17, 15) is 14.7 Å². The van der Waals surface area contributed by atoms with Gasteiger partial charge in [-0.3, -0.25) is 9.59 Å². The van der Waals surface area contributed by atoms with Gasteiger partial charge in [-0.15, -0.1) is 11.3 Å². The number of rotatable bonds is 8. The van der Waals surface area contributed by atoms with Gasteiger partial charge in [0, 0.05) is 29.9 Å². The molecule has 0 unspecified atom stereocenters. The minimum atomic E-state index is -0.200. The molecule has 0 spiro atoms. The lowest BCUT2D eigenvalue weighted by atomic mass is 9.69. The van der Waals surface area contributed by atoms with E-state index in [1.54, 1.807) is 6.92 Å². The van der Waals surface area contributed by atoms with Crippen molar-refractivity contribution < 1.29 is 14.7 Å². The number of carbonyl (C=O) groups is 2. The van der Waals surface area contributed by atoms with E-state index in [-0.39, 0.29) is 29.8 Å². The average Bonchev–Trinajstić information content (AvgIpc) is 3.34. The molecule has 5 heteroatoms. The van der Waals surface area contributed by atoms with Crippen molar-refractivity contribution in [2.75, 3.05) is 13.2 Å². The van der Waals surface area contributed by atoms with E-state index < -0.39 is 0 Å². The van der Waals surface area contributed by atoms with Crippen molar-refractivity contribution in [2.24, 2.45) is 0 Å². The summed E-state index contributed by atoms with van der Waals surface area (Å²) < 4.78 is 0. The number of piperidine rings is 1. The second-order valence-corrected chi connectivity index (χ2v) is 10.1. The van der Waals surface area contributed by atoms with Crippen molar-refractivity contribution in [3.63, 3.8) is 0 Å². The minimum absolute atomic E-state index is 0.00529. The maximum atomic E-state index is 13.3. The molecule has 0 radical (unpaired) electrons. The molecule has 1 aliphatic heterocycles. The third-order valence-corrected chi connectivity index (χ3v) is 8.17. The van der Waals surface area contributed by atoms with Gasteiger partial charge in [0.2, 0.25) is 5.91 Å².